The maximum absolute atomic E-state index is 12.8. The van der Waals surface area contributed by atoms with Gasteiger partial charge in [0.2, 0.25) is 5.91 Å². The Labute approximate surface area is 197 Å². The Balaban J connectivity index is 1.58. The molecule has 2 aromatic carbocycles. The number of carbonyl (C=O) groups is 1. The number of phenolic OH excluding ortho intramolecular Hbond substituents is 2. The van der Waals surface area contributed by atoms with Gasteiger partial charge >= 0.3 is 0 Å². The van der Waals surface area contributed by atoms with Crippen LogP contribution in [0.4, 0.5) is 0 Å². The number of benzene rings is 2. The van der Waals surface area contributed by atoms with Gasteiger partial charge in [-0.2, -0.15) is 0 Å². The number of aromatic hydroxyl groups is 2. The summed E-state index contributed by atoms with van der Waals surface area (Å²) in [5, 5.41) is 22.6. The van der Waals surface area contributed by atoms with E-state index in [0.29, 0.717) is 18.1 Å². The number of phenols is 2. The van der Waals surface area contributed by atoms with E-state index in [0.717, 1.165) is 31.6 Å². The average molecular weight is 454 g/mol. The maximum atomic E-state index is 12.8. The van der Waals surface area contributed by atoms with Gasteiger partial charge < -0.3 is 26.2 Å². The summed E-state index contributed by atoms with van der Waals surface area (Å²) in [6.45, 7) is 11.5. The highest BCUT2D eigenvalue weighted by atomic mass is 16.3. The van der Waals surface area contributed by atoms with E-state index in [-0.39, 0.29) is 29.0 Å². The lowest BCUT2D eigenvalue weighted by atomic mass is 9.68. The number of nitrogens with two attached hydrogens (primary N) is 1. The number of hydrogen-bond acceptors (Lipinski definition) is 5. The van der Waals surface area contributed by atoms with Crippen molar-refractivity contribution in [1.82, 2.24) is 10.2 Å². The SMILES string of the molecule is CC(C)[C@@H](CN1CC[C@@](C)(c2cccc(O)c2)[C@@H](C)C1)NC(=O)[C@H](N)Cc1ccc(O)cc1. The van der Waals surface area contributed by atoms with E-state index < -0.39 is 6.04 Å². The molecule has 1 fully saturated rings. The van der Waals surface area contributed by atoms with Crippen molar-refractivity contribution >= 4 is 5.91 Å². The van der Waals surface area contributed by atoms with Crippen LogP contribution in [0, 0.1) is 11.8 Å². The first-order chi connectivity index (χ1) is 15.6. The van der Waals surface area contributed by atoms with Crippen LogP contribution in [-0.4, -0.2) is 52.7 Å². The summed E-state index contributed by atoms with van der Waals surface area (Å²) in [5.41, 5.74) is 8.31. The average Bonchev–Trinajstić information content (AvgIpc) is 2.77. The maximum Gasteiger partial charge on any atom is 0.237 e. The number of nitrogens with zero attached hydrogens (tertiary/aromatic N) is 1. The molecule has 1 saturated heterocycles. The van der Waals surface area contributed by atoms with Crippen molar-refractivity contribution < 1.29 is 15.0 Å². The molecular weight excluding hydrogens is 414 g/mol. The van der Waals surface area contributed by atoms with E-state index in [1.54, 1.807) is 30.3 Å². The Morgan fingerprint density at radius 3 is 2.48 bits per heavy atom. The summed E-state index contributed by atoms with van der Waals surface area (Å²) < 4.78 is 0. The zero-order valence-electron chi connectivity index (χ0n) is 20.3. The highest BCUT2D eigenvalue weighted by Gasteiger charge is 2.38. The van der Waals surface area contributed by atoms with Crippen molar-refractivity contribution in [2.45, 2.75) is 58.0 Å². The summed E-state index contributed by atoms with van der Waals surface area (Å²) >= 11 is 0. The van der Waals surface area contributed by atoms with Gasteiger partial charge in [0, 0.05) is 19.1 Å². The summed E-state index contributed by atoms with van der Waals surface area (Å²) in [6.07, 6.45) is 1.43. The van der Waals surface area contributed by atoms with Crippen LogP contribution in [0.1, 0.15) is 45.2 Å². The molecule has 6 heteroatoms. The number of likely N-dealkylation sites (tertiary alicyclic amines) is 1. The molecule has 2 aromatic rings. The van der Waals surface area contributed by atoms with Gasteiger partial charge in [0.25, 0.3) is 0 Å². The van der Waals surface area contributed by atoms with Crippen LogP contribution in [-0.2, 0) is 16.6 Å². The summed E-state index contributed by atoms with van der Waals surface area (Å²) in [6, 6.07) is 13.8. The minimum absolute atomic E-state index is 0.0122. The molecule has 180 valence electrons. The van der Waals surface area contributed by atoms with Gasteiger partial charge in [-0.25, -0.2) is 0 Å². The van der Waals surface area contributed by atoms with E-state index in [1.807, 2.05) is 12.1 Å². The second-order valence-corrected chi connectivity index (χ2v) is 10.2. The lowest BCUT2D eigenvalue weighted by molar-refractivity contribution is -0.123. The Hall–Kier alpha value is -2.57. The molecule has 0 aliphatic carbocycles. The molecule has 0 bridgehead atoms. The summed E-state index contributed by atoms with van der Waals surface area (Å²) in [5.74, 6) is 1.07. The van der Waals surface area contributed by atoms with E-state index in [1.165, 1.54) is 5.56 Å². The zero-order chi connectivity index (χ0) is 24.2. The third kappa shape index (κ3) is 6.27. The molecule has 0 aromatic heterocycles. The van der Waals surface area contributed by atoms with Gasteiger partial charge in [-0.05, 0) is 72.0 Å². The highest BCUT2D eigenvalue weighted by molar-refractivity contribution is 5.82. The second-order valence-electron chi connectivity index (χ2n) is 10.2. The van der Waals surface area contributed by atoms with Crippen LogP contribution in [0.3, 0.4) is 0 Å². The van der Waals surface area contributed by atoms with Gasteiger partial charge in [0.05, 0.1) is 6.04 Å². The highest BCUT2D eigenvalue weighted by Crippen LogP contribution is 2.40. The van der Waals surface area contributed by atoms with Crippen molar-refractivity contribution in [3.8, 4) is 11.5 Å². The minimum atomic E-state index is -0.634. The number of hydrogen-bond donors (Lipinski definition) is 4. The first-order valence-corrected chi connectivity index (χ1v) is 11.9. The van der Waals surface area contributed by atoms with Gasteiger partial charge in [-0.3, -0.25) is 4.79 Å². The topological polar surface area (TPSA) is 98.8 Å². The normalized spacial score (nSPS) is 23.3. The molecule has 0 spiro atoms. The molecule has 0 unspecified atom stereocenters. The van der Waals surface area contributed by atoms with Gasteiger partial charge in [0.15, 0.2) is 0 Å². The molecule has 6 nitrogen and oxygen atoms in total. The summed E-state index contributed by atoms with van der Waals surface area (Å²) in [7, 11) is 0. The largest absolute Gasteiger partial charge is 0.508 e. The first-order valence-electron chi connectivity index (χ1n) is 11.9. The van der Waals surface area contributed by atoms with Crippen molar-refractivity contribution in [2.75, 3.05) is 19.6 Å². The predicted molar refractivity (Wildman–Crippen MR) is 132 cm³/mol. The third-order valence-corrected chi connectivity index (χ3v) is 7.39. The smallest absolute Gasteiger partial charge is 0.237 e. The summed E-state index contributed by atoms with van der Waals surface area (Å²) in [4.78, 5) is 15.3. The molecule has 4 atom stereocenters. The number of rotatable bonds is 8. The quantitative estimate of drug-likeness (QED) is 0.491. The molecule has 1 aliphatic rings. The Morgan fingerprint density at radius 2 is 1.88 bits per heavy atom. The van der Waals surface area contributed by atoms with Crippen molar-refractivity contribution in [2.24, 2.45) is 17.6 Å². The molecular formula is C27H39N3O3. The third-order valence-electron chi connectivity index (χ3n) is 7.39. The van der Waals surface area contributed by atoms with Crippen molar-refractivity contribution in [3.05, 3.63) is 59.7 Å². The van der Waals surface area contributed by atoms with Crippen LogP contribution < -0.4 is 11.1 Å². The molecule has 33 heavy (non-hydrogen) atoms. The Bertz CT molecular complexity index is 930. The fourth-order valence-electron chi connectivity index (χ4n) is 4.74. The van der Waals surface area contributed by atoms with E-state index in [9.17, 15) is 15.0 Å². The van der Waals surface area contributed by atoms with E-state index in [4.69, 9.17) is 5.73 Å². The first kappa shape index (κ1) is 25.1. The zero-order valence-corrected chi connectivity index (χ0v) is 20.3. The Morgan fingerprint density at radius 1 is 1.18 bits per heavy atom. The predicted octanol–water partition coefficient (Wildman–Crippen LogP) is 3.41. The molecule has 1 amide bonds. The molecule has 3 rings (SSSR count). The standard InChI is InChI=1S/C27H39N3O3/c1-18(2)25(29-26(33)24(28)14-20-8-10-22(31)11-9-20)17-30-13-12-27(4,19(3)16-30)21-6-5-7-23(32)15-21/h5-11,15,18-19,24-25,31-32H,12-14,16-17,28H2,1-4H3,(H,29,33)/t19-,24+,25+,27+/m0/s1. The van der Waals surface area contributed by atoms with E-state index >= 15 is 0 Å². The van der Waals surface area contributed by atoms with Gasteiger partial charge in [-0.15, -0.1) is 0 Å². The van der Waals surface area contributed by atoms with Gasteiger partial charge in [-0.1, -0.05) is 52.0 Å². The second kappa shape index (κ2) is 10.6. The molecule has 5 N–H and O–H groups in total. The molecule has 1 aliphatic heterocycles. The number of amides is 1. The fraction of sp³-hybridized carbons (Fsp3) is 0.519. The van der Waals surface area contributed by atoms with E-state index in [2.05, 4.69) is 44.0 Å². The Kier molecular flexibility index (Phi) is 8.03. The van der Waals surface area contributed by atoms with Gasteiger partial charge in [0.1, 0.15) is 11.5 Å². The number of piperidine rings is 1. The van der Waals surface area contributed by atoms with Crippen LogP contribution in [0.25, 0.3) is 0 Å². The van der Waals surface area contributed by atoms with Crippen molar-refractivity contribution in [3.63, 3.8) is 0 Å². The van der Waals surface area contributed by atoms with Crippen LogP contribution in [0.5, 0.6) is 11.5 Å². The van der Waals surface area contributed by atoms with Crippen LogP contribution in [0.2, 0.25) is 0 Å². The number of carbonyl (C=O) groups excluding carboxylic acids is 1. The molecule has 0 saturated carbocycles. The lowest BCUT2D eigenvalue weighted by Gasteiger charge is -2.46. The number of nitrogens with one attached hydrogen (secondary N) is 1. The van der Waals surface area contributed by atoms with Crippen molar-refractivity contribution in [1.29, 1.82) is 0 Å². The fourth-order valence-corrected chi connectivity index (χ4v) is 4.74. The van der Waals surface area contributed by atoms with Crippen LogP contribution >= 0.6 is 0 Å². The monoisotopic (exact) mass is 453 g/mol. The molecule has 1 heterocycles. The van der Waals surface area contributed by atoms with Crippen LogP contribution in [0.15, 0.2) is 48.5 Å². The lowest BCUT2D eigenvalue weighted by Crippen LogP contribution is -2.55. The minimum Gasteiger partial charge on any atom is -0.508 e. The molecule has 0 radical (unpaired) electrons.